The average Bonchev–Trinajstić information content (AvgIpc) is 3.10. The molecule has 124 valence electrons. The van der Waals surface area contributed by atoms with E-state index >= 15 is 0 Å². The summed E-state index contributed by atoms with van der Waals surface area (Å²) in [6, 6.07) is 7.78. The quantitative estimate of drug-likeness (QED) is 0.848. The van der Waals surface area contributed by atoms with E-state index in [1.807, 2.05) is 12.1 Å². The van der Waals surface area contributed by atoms with E-state index in [0.29, 0.717) is 23.7 Å². The van der Waals surface area contributed by atoms with Gasteiger partial charge in [-0.25, -0.2) is 0 Å². The molecule has 0 bridgehead atoms. The smallest absolute Gasteiger partial charge is 0.261 e. The SMILES string of the molecule is Cl.O=C1c2ccccc2C(=O)N1CCN1CCC2NCCC2C1. The molecule has 2 saturated heterocycles. The Labute approximate surface area is 142 Å². The third kappa shape index (κ3) is 2.89. The second-order valence-electron chi connectivity index (χ2n) is 6.51. The number of amides is 2. The van der Waals surface area contributed by atoms with Gasteiger partial charge in [-0.15, -0.1) is 12.4 Å². The van der Waals surface area contributed by atoms with Gasteiger partial charge in [0, 0.05) is 25.7 Å². The van der Waals surface area contributed by atoms with Gasteiger partial charge in [0.15, 0.2) is 0 Å². The molecule has 23 heavy (non-hydrogen) atoms. The van der Waals surface area contributed by atoms with Gasteiger partial charge >= 0.3 is 0 Å². The Bertz CT molecular complexity index is 587. The highest BCUT2D eigenvalue weighted by atomic mass is 35.5. The maximum absolute atomic E-state index is 12.3. The van der Waals surface area contributed by atoms with Gasteiger partial charge in [0.25, 0.3) is 11.8 Å². The van der Waals surface area contributed by atoms with Crippen molar-refractivity contribution in [2.24, 2.45) is 5.92 Å². The van der Waals surface area contributed by atoms with E-state index in [9.17, 15) is 9.59 Å². The van der Waals surface area contributed by atoms with E-state index in [0.717, 1.165) is 32.1 Å². The lowest BCUT2D eigenvalue weighted by molar-refractivity contribution is 0.0620. The van der Waals surface area contributed by atoms with Gasteiger partial charge in [-0.3, -0.25) is 14.5 Å². The van der Waals surface area contributed by atoms with E-state index in [1.165, 1.54) is 17.7 Å². The average molecular weight is 336 g/mol. The van der Waals surface area contributed by atoms with Crippen molar-refractivity contribution in [2.75, 3.05) is 32.7 Å². The Morgan fingerprint density at radius 1 is 1.04 bits per heavy atom. The molecule has 2 fully saturated rings. The van der Waals surface area contributed by atoms with E-state index in [2.05, 4.69) is 10.2 Å². The first-order chi connectivity index (χ1) is 10.7. The molecule has 1 aromatic rings. The summed E-state index contributed by atoms with van der Waals surface area (Å²) < 4.78 is 0. The molecule has 0 spiro atoms. The summed E-state index contributed by atoms with van der Waals surface area (Å²) in [5, 5.41) is 3.56. The monoisotopic (exact) mass is 335 g/mol. The van der Waals surface area contributed by atoms with Crippen LogP contribution in [0.5, 0.6) is 0 Å². The molecular weight excluding hydrogens is 314 g/mol. The number of nitrogens with one attached hydrogen (secondary N) is 1. The Balaban J connectivity index is 0.00000156. The number of carbonyl (C=O) groups excluding carboxylic acids is 2. The Morgan fingerprint density at radius 2 is 1.74 bits per heavy atom. The number of rotatable bonds is 3. The van der Waals surface area contributed by atoms with Crippen molar-refractivity contribution in [3.8, 4) is 0 Å². The van der Waals surface area contributed by atoms with Crippen molar-refractivity contribution in [1.82, 2.24) is 15.1 Å². The van der Waals surface area contributed by atoms with Gasteiger partial charge in [-0.05, 0) is 44.0 Å². The molecule has 0 saturated carbocycles. The summed E-state index contributed by atoms with van der Waals surface area (Å²) in [7, 11) is 0. The van der Waals surface area contributed by atoms with Gasteiger partial charge in [-0.2, -0.15) is 0 Å². The zero-order valence-electron chi connectivity index (χ0n) is 13.0. The largest absolute Gasteiger partial charge is 0.314 e. The van der Waals surface area contributed by atoms with Crippen molar-refractivity contribution < 1.29 is 9.59 Å². The molecule has 6 heteroatoms. The van der Waals surface area contributed by atoms with Crippen molar-refractivity contribution in [3.05, 3.63) is 35.4 Å². The fraction of sp³-hybridized carbons (Fsp3) is 0.529. The number of halogens is 1. The molecule has 0 aliphatic carbocycles. The molecule has 4 rings (SSSR count). The van der Waals surface area contributed by atoms with Crippen LogP contribution in [0.2, 0.25) is 0 Å². The van der Waals surface area contributed by atoms with Gasteiger partial charge in [0.1, 0.15) is 0 Å². The summed E-state index contributed by atoms with van der Waals surface area (Å²) in [6.07, 6.45) is 2.42. The molecule has 1 N–H and O–H groups in total. The molecule has 2 amide bonds. The third-order valence-electron chi connectivity index (χ3n) is 5.26. The summed E-state index contributed by atoms with van der Waals surface area (Å²) in [5.74, 6) is 0.451. The highest BCUT2D eigenvalue weighted by molar-refractivity contribution is 6.21. The Morgan fingerprint density at radius 3 is 2.43 bits per heavy atom. The highest BCUT2D eigenvalue weighted by Crippen LogP contribution is 2.25. The Kier molecular flexibility index (Phi) is 4.71. The minimum atomic E-state index is -0.141. The molecule has 1 aromatic carbocycles. The zero-order chi connectivity index (χ0) is 15.1. The number of carbonyl (C=O) groups is 2. The van der Waals surface area contributed by atoms with Gasteiger partial charge in [0.2, 0.25) is 0 Å². The molecule has 3 aliphatic heterocycles. The van der Waals surface area contributed by atoms with Crippen LogP contribution in [-0.4, -0.2) is 60.4 Å². The minimum absolute atomic E-state index is 0. The maximum Gasteiger partial charge on any atom is 0.261 e. The number of benzene rings is 1. The van der Waals surface area contributed by atoms with E-state index in [1.54, 1.807) is 12.1 Å². The van der Waals surface area contributed by atoms with Crippen LogP contribution in [0.25, 0.3) is 0 Å². The van der Waals surface area contributed by atoms with E-state index < -0.39 is 0 Å². The molecule has 5 nitrogen and oxygen atoms in total. The fourth-order valence-corrected chi connectivity index (χ4v) is 4.01. The summed E-state index contributed by atoms with van der Waals surface area (Å²) in [6.45, 7) is 4.55. The first kappa shape index (κ1) is 16.4. The van der Waals surface area contributed by atoms with Crippen LogP contribution >= 0.6 is 12.4 Å². The van der Waals surface area contributed by atoms with Crippen molar-refractivity contribution in [3.63, 3.8) is 0 Å². The predicted octanol–water partition coefficient (Wildman–Crippen LogP) is 1.39. The summed E-state index contributed by atoms with van der Waals surface area (Å²) in [5.41, 5.74) is 1.09. The number of hydrogen-bond donors (Lipinski definition) is 1. The minimum Gasteiger partial charge on any atom is -0.314 e. The van der Waals surface area contributed by atoms with E-state index in [4.69, 9.17) is 0 Å². The molecule has 2 atom stereocenters. The number of piperidine rings is 1. The molecule has 3 heterocycles. The number of fused-ring (bicyclic) bond motifs is 2. The maximum atomic E-state index is 12.3. The van der Waals surface area contributed by atoms with Crippen molar-refractivity contribution >= 4 is 24.2 Å². The normalized spacial score (nSPS) is 26.9. The summed E-state index contributed by atoms with van der Waals surface area (Å²) in [4.78, 5) is 28.5. The number of hydrogen-bond acceptors (Lipinski definition) is 4. The van der Waals surface area contributed by atoms with Gasteiger partial charge < -0.3 is 10.2 Å². The van der Waals surface area contributed by atoms with Crippen LogP contribution in [0.3, 0.4) is 0 Å². The topological polar surface area (TPSA) is 52.7 Å². The van der Waals surface area contributed by atoms with E-state index in [-0.39, 0.29) is 24.2 Å². The van der Waals surface area contributed by atoms with Crippen molar-refractivity contribution in [2.45, 2.75) is 18.9 Å². The van der Waals surface area contributed by atoms with Crippen LogP contribution in [0.15, 0.2) is 24.3 Å². The van der Waals surface area contributed by atoms with Gasteiger partial charge in [-0.1, -0.05) is 12.1 Å². The predicted molar refractivity (Wildman–Crippen MR) is 90.0 cm³/mol. The second kappa shape index (κ2) is 6.59. The zero-order valence-corrected chi connectivity index (χ0v) is 13.8. The van der Waals surface area contributed by atoms with Crippen LogP contribution in [0.1, 0.15) is 33.6 Å². The molecule has 0 aromatic heterocycles. The lowest BCUT2D eigenvalue weighted by atomic mass is 9.93. The fourth-order valence-electron chi connectivity index (χ4n) is 4.01. The third-order valence-corrected chi connectivity index (χ3v) is 5.26. The summed E-state index contributed by atoms with van der Waals surface area (Å²) >= 11 is 0. The standard InChI is InChI=1S/C17H21N3O2.ClH/c21-16-13-3-1-2-4-14(13)17(22)20(16)10-9-19-8-6-15-12(11-19)5-7-18-15;/h1-4,12,15,18H,5-11H2;1H. The van der Waals surface area contributed by atoms with Crippen LogP contribution in [0, 0.1) is 5.92 Å². The second-order valence-corrected chi connectivity index (χ2v) is 6.51. The molecule has 2 unspecified atom stereocenters. The highest BCUT2D eigenvalue weighted by Gasteiger charge is 2.36. The van der Waals surface area contributed by atoms with Crippen LogP contribution in [-0.2, 0) is 0 Å². The van der Waals surface area contributed by atoms with Crippen LogP contribution in [0.4, 0.5) is 0 Å². The van der Waals surface area contributed by atoms with Crippen LogP contribution < -0.4 is 5.32 Å². The number of imide groups is 1. The lowest BCUT2D eigenvalue weighted by Gasteiger charge is -2.35. The number of likely N-dealkylation sites (tertiary alicyclic amines) is 1. The first-order valence-electron chi connectivity index (χ1n) is 8.15. The van der Waals surface area contributed by atoms with Crippen molar-refractivity contribution in [1.29, 1.82) is 0 Å². The van der Waals surface area contributed by atoms with Gasteiger partial charge in [0.05, 0.1) is 11.1 Å². The lowest BCUT2D eigenvalue weighted by Crippen LogP contribution is -2.47. The number of nitrogens with zero attached hydrogens (tertiary/aromatic N) is 2. The first-order valence-corrected chi connectivity index (χ1v) is 8.15. The molecular formula is C17H22ClN3O2. The Hall–Kier alpha value is -1.43. The molecule has 0 radical (unpaired) electrons. The molecule has 3 aliphatic rings.